The van der Waals surface area contributed by atoms with Crippen LogP contribution in [0.5, 0.6) is 0 Å². The molecule has 0 aromatic heterocycles. The number of aliphatic hydroxyl groups is 2. The van der Waals surface area contributed by atoms with Crippen molar-refractivity contribution < 1.29 is 10.2 Å². The monoisotopic (exact) mass is 189 g/mol. The summed E-state index contributed by atoms with van der Waals surface area (Å²) in [5.74, 6) is 0. The maximum absolute atomic E-state index is 9.39. The van der Waals surface area contributed by atoms with Crippen LogP contribution >= 0.6 is 0 Å². The van der Waals surface area contributed by atoms with Crippen LogP contribution in [0, 0.1) is 0 Å². The van der Waals surface area contributed by atoms with Crippen LogP contribution < -0.4 is 5.32 Å². The summed E-state index contributed by atoms with van der Waals surface area (Å²) in [5, 5.41) is 22.0. The largest absolute Gasteiger partial charge is 0.392 e. The van der Waals surface area contributed by atoms with Gasteiger partial charge in [-0.25, -0.2) is 0 Å². The highest BCUT2D eigenvalue weighted by Crippen LogP contribution is 2.04. The summed E-state index contributed by atoms with van der Waals surface area (Å²) >= 11 is 0. The first-order chi connectivity index (χ1) is 6.02. The van der Waals surface area contributed by atoms with E-state index >= 15 is 0 Å². The van der Waals surface area contributed by atoms with Gasteiger partial charge >= 0.3 is 0 Å². The van der Waals surface area contributed by atoms with E-state index in [1.807, 2.05) is 13.8 Å². The Morgan fingerprint density at radius 3 is 1.38 bits per heavy atom. The molecule has 3 nitrogen and oxygen atoms in total. The minimum atomic E-state index is -0.363. The number of nitrogens with one attached hydrogen (secondary N) is 1. The van der Waals surface area contributed by atoms with Crippen molar-refractivity contribution in [3.8, 4) is 0 Å². The van der Waals surface area contributed by atoms with Crippen molar-refractivity contribution in [1.29, 1.82) is 0 Å². The Hall–Kier alpha value is -0.120. The predicted molar refractivity (Wildman–Crippen MR) is 54.7 cm³/mol. The van der Waals surface area contributed by atoms with Crippen LogP contribution in [0.15, 0.2) is 0 Å². The van der Waals surface area contributed by atoms with E-state index in [0.717, 1.165) is 12.8 Å². The van der Waals surface area contributed by atoms with E-state index in [-0.39, 0.29) is 24.3 Å². The molecule has 0 rings (SSSR count). The van der Waals surface area contributed by atoms with Gasteiger partial charge in [0.1, 0.15) is 0 Å². The SMILES string of the molecule is CCC(NC(CC)C(C)O)C(C)O. The molecule has 3 heteroatoms. The second-order valence-electron chi connectivity index (χ2n) is 3.68. The van der Waals surface area contributed by atoms with Gasteiger partial charge in [-0.15, -0.1) is 0 Å². The highest BCUT2D eigenvalue weighted by Gasteiger charge is 2.19. The van der Waals surface area contributed by atoms with Crippen LogP contribution in [0.25, 0.3) is 0 Å². The fraction of sp³-hybridized carbons (Fsp3) is 1.00. The van der Waals surface area contributed by atoms with Gasteiger partial charge < -0.3 is 15.5 Å². The Labute approximate surface area is 81.2 Å². The lowest BCUT2D eigenvalue weighted by Crippen LogP contribution is -2.48. The summed E-state index contributed by atoms with van der Waals surface area (Å²) in [6.45, 7) is 7.60. The molecule has 0 saturated carbocycles. The Bertz CT molecular complexity index is 112. The molecule has 0 aliphatic carbocycles. The summed E-state index contributed by atoms with van der Waals surface area (Å²) in [5.41, 5.74) is 0. The molecule has 4 unspecified atom stereocenters. The van der Waals surface area contributed by atoms with Crippen LogP contribution in [0.4, 0.5) is 0 Å². The molecule has 80 valence electrons. The highest BCUT2D eigenvalue weighted by atomic mass is 16.3. The number of aliphatic hydroxyl groups excluding tert-OH is 2. The van der Waals surface area contributed by atoms with E-state index in [2.05, 4.69) is 5.32 Å². The van der Waals surface area contributed by atoms with E-state index < -0.39 is 0 Å². The molecule has 0 spiro atoms. The fourth-order valence-corrected chi connectivity index (χ4v) is 1.47. The second kappa shape index (κ2) is 6.35. The van der Waals surface area contributed by atoms with Crippen molar-refractivity contribution in [2.75, 3.05) is 0 Å². The predicted octanol–water partition coefficient (Wildman–Crippen LogP) is 0.895. The molecule has 3 N–H and O–H groups in total. The third-order valence-corrected chi connectivity index (χ3v) is 2.47. The third kappa shape index (κ3) is 4.60. The highest BCUT2D eigenvalue weighted by molar-refractivity contribution is 4.79. The van der Waals surface area contributed by atoms with Gasteiger partial charge in [0.15, 0.2) is 0 Å². The molecule has 13 heavy (non-hydrogen) atoms. The van der Waals surface area contributed by atoms with Crippen LogP contribution in [-0.2, 0) is 0 Å². The lowest BCUT2D eigenvalue weighted by atomic mass is 10.0. The van der Waals surface area contributed by atoms with Gasteiger partial charge in [-0.3, -0.25) is 0 Å². The van der Waals surface area contributed by atoms with Crippen molar-refractivity contribution >= 4 is 0 Å². The van der Waals surface area contributed by atoms with Crippen molar-refractivity contribution in [2.45, 2.75) is 64.8 Å². The first-order valence-corrected chi connectivity index (χ1v) is 5.15. The maximum atomic E-state index is 9.39. The maximum Gasteiger partial charge on any atom is 0.0665 e. The molecular formula is C10H23NO2. The van der Waals surface area contributed by atoms with Gasteiger partial charge in [0, 0.05) is 12.1 Å². The van der Waals surface area contributed by atoms with E-state index in [1.54, 1.807) is 13.8 Å². The van der Waals surface area contributed by atoms with Crippen LogP contribution in [0.2, 0.25) is 0 Å². The average Bonchev–Trinajstić information content (AvgIpc) is 2.05. The fourth-order valence-electron chi connectivity index (χ4n) is 1.47. The summed E-state index contributed by atoms with van der Waals surface area (Å²) in [4.78, 5) is 0. The molecule has 0 radical (unpaired) electrons. The molecular weight excluding hydrogens is 166 g/mol. The van der Waals surface area contributed by atoms with Gasteiger partial charge in [0.05, 0.1) is 12.2 Å². The summed E-state index contributed by atoms with van der Waals surface area (Å²) in [6.07, 6.45) is 1.03. The van der Waals surface area contributed by atoms with Crippen molar-refractivity contribution in [2.24, 2.45) is 0 Å². The van der Waals surface area contributed by atoms with E-state index in [4.69, 9.17) is 0 Å². The zero-order chi connectivity index (χ0) is 10.4. The third-order valence-electron chi connectivity index (χ3n) is 2.47. The van der Waals surface area contributed by atoms with Crippen LogP contribution in [-0.4, -0.2) is 34.5 Å². The molecule has 0 aromatic carbocycles. The summed E-state index contributed by atoms with van der Waals surface area (Å²) in [6, 6.07) is 0.166. The molecule has 0 aliphatic heterocycles. The average molecular weight is 189 g/mol. The van der Waals surface area contributed by atoms with E-state index in [0.29, 0.717) is 0 Å². The standard InChI is InChI=1S/C10H23NO2/c1-5-9(7(3)12)11-10(6-2)8(4)13/h7-13H,5-6H2,1-4H3. The number of hydrogen-bond acceptors (Lipinski definition) is 3. The first kappa shape index (κ1) is 12.9. The first-order valence-electron chi connectivity index (χ1n) is 5.15. The molecule has 4 atom stereocenters. The lowest BCUT2D eigenvalue weighted by Gasteiger charge is -2.27. The molecule has 0 aromatic rings. The van der Waals surface area contributed by atoms with Crippen LogP contribution in [0.3, 0.4) is 0 Å². The Morgan fingerprint density at radius 1 is 0.923 bits per heavy atom. The zero-order valence-corrected chi connectivity index (χ0v) is 9.12. The van der Waals surface area contributed by atoms with E-state index in [9.17, 15) is 10.2 Å². The number of hydrogen-bond donors (Lipinski definition) is 3. The molecule has 0 fully saturated rings. The molecule has 0 saturated heterocycles. The normalized spacial score (nSPS) is 20.8. The quantitative estimate of drug-likeness (QED) is 0.582. The Kier molecular flexibility index (Phi) is 6.29. The lowest BCUT2D eigenvalue weighted by molar-refractivity contribution is 0.0951. The second-order valence-corrected chi connectivity index (χ2v) is 3.68. The summed E-state index contributed by atoms with van der Waals surface area (Å²) < 4.78 is 0. The van der Waals surface area contributed by atoms with Gasteiger partial charge in [-0.2, -0.15) is 0 Å². The van der Waals surface area contributed by atoms with Gasteiger partial charge in [0.25, 0.3) is 0 Å². The smallest absolute Gasteiger partial charge is 0.0665 e. The van der Waals surface area contributed by atoms with Crippen molar-refractivity contribution in [3.05, 3.63) is 0 Å². The minimum absolute atomic E-state index is 0.0829. The van der Waals surface area contributed by atoms with Crippen LogP contribution in [0.1, 0.15) is 40.5 Å². The molecule has 0 amide bonds. The molecule has 0 bridgehead atoms. The van der Waals surface area contributed by atoms with Crippen molar-refractivity contribution in [1.82, 2.24) is 5.32 Å². The van der Waals surface area contributed by atoms with Gasteiger partial charge in [-0.1, -0.05) is 13.8 Å². The Morgan fingerprint density at radius 2 is 1.23 bits per heavy atom. The summed E-state index contributed by atoms with van der Waals surface area (Å²) in [7, 11) is 0. The molecule has 0 aliphatic rings. The minimum Gasteiger partial charge on any atom is -0.392 e. The van der Waals surface area contributed by atoms with Gasteiger partial charge in [0.2, 0.25) is 0 Å². The van der Waals surface area contributed by atoms with Crippen molar-refractivity contribution in [3.63, 3.8) is 0 Å². The topological polar surface area (TPSA) is 52.5 Å². The Balaban J connectivity index is 4.03. The molecule has 0 heterocycles. The zero-order valence-electron chi connectivity index (χ0n) is 9.12. The van der Waals surface area contributed by atoms with Gasteiger partial charge in [-0.05, 0) is 26.7 Å². The van der Waals surface area contributed by atoms with E-state index in [1.165, 1.54) is 0 Å². The number of rotatable bonds is 6.